The molecular formula is C18H15N3O4. The molecule has 2 aromatic carbocycles. The Morgan fingerprint density at radius 2 is 1.84 bits per heavy atom. The van der Waals surface area contributed by atoms with Crippen LogP contribution in [0.5, 0.6) is 5.75 Å². The van der Waals surface area contributed by atoms with Gasteiger partial charge < -0.3 is 10.1 Å². The van der Waals surface area contributed by atoms with E-state index >= 15 is 0 Å². The molecule has 1 aromatic heterocycles. The first-order valence-electron chi connectivity index (χ1n) is 7.89. The lowest BCUT2D eigenvalue weighted by Crippen LogP contribution is -2.33. The zero-order valence-electron chi connectivity index (χ0n) is 13.2. The maximum absolute atomic E-state index is 12.6. The maximum Gasteiger partial charge on any atom is 0.272 e. The highest BCUT2D eigenvalue weighted by Gasteiger charge is 2.26. The van der Waals surface area contributed by atoms with Crippen molar-refractivity contribution in [3.63, 3.8) is 0 Å². The van der Waals surface area contributed by atoms with Gasteiger partial charge in [0.25, 0.3) is 11.1 Å². The van der Waals surface area contributed by atoms with Gasteiger partial charge in [-0.2, -0.15) is 0 Å². The second kappa shape index (κ2) is 5.94. The summed E-state index contributed by atoms with van der Waals surface area (Å²) >= 11 is 0. The maximum atomic E-state index is 12.6. The van der Waals surface area contributed by atoms with Gasteiger partial charge in [0.15, 0.2) is 0 Å². The second-order valence-corrected chi connectivity index (χ2v) is 5.95. The Kier molecular flexibility index (Phi) is 3.61. The van der Waals surface area contributed by atoms with E-state index in [4.69, 9.17) is 4.74 Å². The summed E-state index contributed by atoms with van der Waals surface area (Å²) in [6.07, 6.45) is 0.559. The third-order valence-corrected chi connectivity index (χ3v) is 4.33. The predicted octanol–water partition coefficient (Wildman–Crippen LogP) is 1.41. The highest BCUT2D eigenvalue weighted by atomic mass is 16.5. The molecule has 0 saturated carbocycles. The molecule has 0 spiro atoms. The van der Waals surface area contributed by atoms with Crippen molar-refractivity contribution in [3.8, 4) is 5.75 Å². The topological polar surface area (TPSA) is 104 Å². The number of rotatable bonds is 2. The van der Waals surface area contributed by atoms with Crippen LogP contribution in [0, 0.1) is 5.92 Å². The van der Waals surface area contributed by atoms with E-state index in [2.05, 4.69) is 15.5 Å². The smallest absolute Gasteiger partial charge is 0.272 e. The monoisotopic (exact) mass is 337 g/mol. The van der Waals surface area contributed by atoms with Gasteiger partial charge in [-0.3, -0.25) is 24.6 Å². The minimum Gasteiger partial charge on any atom is -0.492 e. The normalized spacial score (nSPS) is 16.1. The van der Waals surface area contributed by atoms with Crippen LogP contribution in [0.25, 0.3) is 10.8 Å². The number of amides is 1. The van der Waals surface area contributed by atoms with E-state index in [-0.39, 0.29) is 29.2 Å². The van der Waals surface area contributed by atoms with Gasteiger partial charge >= 0.3 is 0 Å². The SMILES string of the molecule is O=C(Nc1cccc2c(=O)[nH][nH]c(=O)c12)[C@H]1COc2ccccc2C1. The summed E-state index contributed by atoms with van der Waals surface area (Å²) in [5.74, 6) is 0.174. The molecule has 3 aromatic rings. The van der Waals surface area contributed by atoms with Crippen molar-refractivity contribution >= 4 is 22.4 Å². The zero-order chi connectivity index (χ0) is 17.4. The van der Waals surface area contributed by atoms with Crippen molar-refractivity contribution < 1.29 is 9.53 Å². The summed E-state index contributed by atoms with van der Waals surface area (Å²) in [6.45, 7) is 0.268. The fourth-order valence-corrected chi connectivity index (χ4v) is 3.06. The number of carbonyl (C=O) groups is 1. The molecule has 0 bridgehead atoms. The lowest BCUT2D eigenvalue weighted by Gasteiger charge is -2.24. The molecule has 2 heterocycles. The summed E-state index contributed by atoms with van der Waals surface area (Å²) in [5.41, 5.74) is 0.409. The molecule has 1 aliphatic rings. The van der Waals surface area contributed by atoms with Crippen molar-refractivity contribution in [3.05, 3.63) is 68.7 Å². The predicted molar refractivity (Wildman–Crippen MR) is 93.0 cm³/mol. The van der Waals surface area contributed by atoms with Gasteiger partial charge in [0.1, 0.15) is 12.4 Å². The largest absolute Gasteiger partial charge is 0.492 e. The molecule has 126 valence electrons. The molecule has 0 aliphatic carbocycles. The lowest BCUT2D eigenvalue weighted by atomic mass is 9.96. The van der Waals surface area contributed by atoms with E-state index in [1.165, 1.54) is 0 Å². The fourth-order valence-electron chi connectivity index (χ4n) is 3.06. The molecule has 4 rings (SSSR count). The average Bonchev–Trinajstić information content (AvgIpc) is 2.64. The highest BCUT2D eigenvalue weighted by Crippen LogP contribution is 2.28. The Labute approximate surface area is 141 Å². The van der Waals surface area contributed by atoms with Crippen LogP contribution >= 0.6 is 0 Å². The molecule has 25 heavy (non-hydrogen) atoms. The molecular weight excluding hydrogens is 322 g/mol. The first-order chi connectivity index (χ1) is 12.1. The van der Waals surface area contributed by atoms with Crippen molar-refractivity contribution in [2.24, 2.45) is 5.92 Å². The summed E-state index contributed by atoms with van der Waals surface area (Å²) in [4.78, 5) is 36.5. The van der Waals surface area contributed by atoms with Gasteiger partial charge in [-0.25, -0.2) is 0 Å². The van der Waals surface area contributed by atoms with Crippen LogP contribution in [0.4, 0.5) is 5.69 Å². The van der Waals surface area contributed by atoms with Gasteiger partial charge in [0.05, 0.1) is 22.4 Å². The van der Waals surface area contributed by atoms with E-state index in [0.717, 1.165) is 11.3 Å². The van der Waals surface area contributed by atoms with Crippen LogP contribution in [0.2, 0.25) is 0 Å². The zero-order valence-corrected chi connectivity index (χ0v) is 13.2. The number of fused-ring (bicyclic) bond motifs is 2. The Morgan fingerprint density at radius 3 is 2.72 bits per heavy atom. The number of benzene rings is 2. The van der Waals surface area contributed by atoms with Crippen LogP contribution in [-0.2, 0) is 11.2 Å². The summed E-state index contributed by atoms with van der Waals surface area (Å²) in [7, 11) is 0. The highest BCUT2D eigenvalue weighted by molar-refractivity contribution is 6.02. The average molecular weight is 337 g/mol. The Hall–Kier alpha value is -3.35. The molecule has 0 fully saturated rings. The molecule has 7 nitrogen and oxygen atoms in total. The van der Waals surface area contributed by atoms with E-state index in [1.54, 1.807) is 18.2 Å². The summed E-state index contributed by atoms with van der Waals surface area (Å²) in [6, 6.07) is 12.4. The van der Waals surface area contributed by atoms with Crippen molar-refractivity contribution in [2.45, 2.75) is 6.42 Å². The minimum atomic E-state index is -0.462. The molecule has 1 atom stereocenters. The van der Waals surface area contributed by atoms with E-state index in [0.29, 0.717) is 12.1 Å². The molecule has 1 amide bonds. The fraction of sp³-hybridized carbons (Fsp3) is 0.167. The van der Waals surface area contributed by atoms with E-state index in [1.807, 2.05) is 24.3 Å². The third-order valence-electron chi connectivity index (χ3n) is 4.33. The number of carbonyl (C=O) groups excluding carboxylic acids is 1. The Morgan fingerprint density at radius 1 is 1.04 bits per heavy atom. The first kappa shape index (κ1) is 15.2. The van der Waals surface area contributed by atoms with Crippen LogP contribution < -0.4 is 21.2 Å². The van der Waals surface area contributed by atoms with E-state index in [9.17, 15) is 14.4 Å². The molecule has 0 radical (unpaired) electrons. The lowest BCUT2D eigenvalue weighted by molar-refractivity contribution is -0.121. The number of ether oxygens (including phenoxy) is 1. The van der Waals surface area contributed by atoms with Crippen LogP contribution in [0.15, 0.2) is 52.1 Å². The van der Waals surface area contributed by atoms with Crippen LogP contribution in [0.3, 0.4) is 0 Å². The van der Waals surface area contributed by atoms with Gasteiger partial charge in [-0.1, -0.05) is 24.3 Å². The summed E-state index contributed by atoms with van der Waals surface area (Å²) < 4.78 is 5.64. The number of aromatic amines is 2. The second-order valence-electron chi connectivity index (χ2n) is 5.95. The van der Waals surface area contributed by atoms with Gasteiger partial charge in [-0.15, -0.1) is 0 Å². The van der Waals surface area contributed by atoms with Gasteiger partial charge in [0, 0.05) is 0 Å². The third kappa shape index (κ3) is 2.69. The molecule has 1 aliphatic heterocycles. The number of para-hydroxylation sites is 1. The number of H-pyrrole nitrogens is 2. The number of hydrogen-bond acceptors (Lipinski definition) is 4. The number of nitrogens with one attached hydrogen (secondary N) is 3. The van der Waals surface area contributed by atoms with E-state index < -0.39 is 11.1 Å². The number of hydrogen-bond donors (Lipinski definition) is 3. The molecule has 0 saturated heterocycles. The number of anilines is 1. The molecule has 0 unspecified atom stereocenters. The quantitative estimate of drug-likeness (QED) is 0.657. The van der Waals surface area contributed by atoms with Crippen molar-refractivity contribution in [2.75, 3.05) is 11.9 Å². The van der Waals surface area contributed by atoms with Gasteiger partial charge in [0.2, 0.25) is 5.91 Å². The van der Waals surface area contributed by atoms with Crippen molar-refractivity contribution in [1.29, 1.82) is 0 Å². The van der Waals surface area contributed by atoms with Gasteiger partial charge in [-0.05, 0) is 30.2 Å². The molecule has 7 heteroatoms. The van der Waals surface area contributed by atoms with Crippen molar-refractivity contribution in [1.82, 2.24) is 10.2 Å². The van der Waals surface area contributed by atoms with Crippen LogP contribution in [0.1, 0.15) is 5.56 Å². The number of aromatic nitrogens is 2. The minimum absolute atomic E-state index is 0.164. The molecule has 3 N–H and O–H groups in total. The Bertz CT molecular complexity index is 1080. The van der Waals surface area contributed by atoms with Crippen LogP contribution in [-0.4, -0.2) is 22.7 Å². The first-order valence-corrected chi connectivity index (χ1v) is 7.89. The summed E-state index contributed by atoms with van der Waals surface area (Å²) in [5, 5.41) is 7.71. The standard InChI is InChI=1S/C18H15N3O4/c22-16(11-8-10-4-1-2-7-14(10)25-9-11)19-13-6-3-5-12-15(13)18(24)21-20-17(12)23/h1-7,11H,8-9H2,(H,19,22)(H,20,23)(H,21,24)/t11-/m1/s1. The Balaban J connectivity index is 1.64.